The van der Waals surface area contributed by atoms with Gasteiger partial charge in [0.15, 0.2) is 11.6 Å². The summed E-state index contributed by atoms with van der Waals surface area (Å²) in [6.45, 7) is 3.11. The number of carboxylic acid groups (broad SMARTS) is 2. The molecule has 18 heavy (non-hydrogen) atoms. The first kappa shape index (κ1) is 14.0. The number of benzene rings is 1. The van der Waals surface area contributed by atoms with E-state index in [1.54, 1.807) is 13.8 Å². The summed E-state index contributed by atoms with van der Waals surface area (Å²) in [7, 11) is 0. The normalized spacial score (nSPS) is 11.3. The third-order valence-corrected chi connectivity index (χ3v) is 2.67. The number of carbonyl (C=O) groups is 2. The molecule has 0 unspecified atom stereocenters. The molecule has 0 saturated carbocycles. The number of aliphatic carboxylic acids is 1. The highest BCUT2D eigenvalue weighted by atomic mass is 19.1. The minimum atomic E-state index is -1.47. The highest BCUT2D eigenvalue weighted by Crippen LogP contribution is 2.32. The van der Waals surface area contributed by atoms with Gasteiger partial charge >= 0.3 is 11.9 Å². The third-order valence-electron chi connectivity index (χ3n) is 2.67. The van der Waals surface area contributed by atoms with Crippen molar-refractivity contribution >= 4 is 11.9 Å². The number of carboxylic acids is 2. The van der Waals surface area contributed by atoms with Crippen LogP contribution in [0.2, 0.25) is 0 Å². The Kier molecular flexibility index (Phi) is 3.59. The Labute approximate surface area is 102 Å². The van der Waals surface area contributed by atoms with E-state index in [9.17, 15) is 19.1 Å². The summed E-state index contributed by atoms with van der Waals surface area (Å²) in [5.41, 5.74) is -1.31. The van der Waals surface area contributed by atoms with Crippen molar-refractivity contribution in [2.45, 2.75) is 25.7 Å². The first-order valence-electron chi connectivity index (χ1n) is 5.13. The molecule has 1 rings (SSSR count). The minimum Gasteiger partial charge on any atom is -0.504 e. The number of hydrogen-bond acceptors (Lipinski definition) is 3. The second-order valence-electron chi connectivity index (χ2n) is 4.61. The lowest BCUT2D eigenvalue weighted by Crippen LogP contribution is -2.22. The van der Waals surface area contributed by atoms with Crippen LogP contribution in [0.3, 0.4) is 0 Å². The highest BCUT2D eigenvalue weighted by Gasteiger charge is 2.27. The molecule has 0 aromatic heterocycles. The lowest BCUT2D eigenvalue weighted by atomic mass is 9.81. The van der Waals surface area contributed by atoms with Gasteiger partial charge < -0.3 is 15.3 Å². The number of halogens is 1. The van der Waals surface area contributed by atoms with Crippen LogP contribution < -0.4 is 0 Å². The van der Waals surface area contributed by atoms with Gasteiger partial charge in [0.25, 0.3) is 0 Å². The first-order valence-corrected chi connectivity index (χ1v) is 5.13. The Bertz CT molecular complexity index is 507. The van der Waals surface area contributed by atoms with E-state index in [2.05, 4.69) is 0 Å². The summed E-state index contributed by atoms with van der Waals surface area (Å²) in [6, 6.07) is 2.04. The average Bonchev–Trinajstić information content (AvgIpc) is 2.19. The van der Waals surface area contributed by atoms with Crippen molar-refractivity contribution in [1.29, 1.82) is 0 Å². The minimum absolute atomic E-state index is 0.206. The Morgan fingerprint density at radius 2 is 1.83 bits per heavy atom. The third kappa shape index (κ3) is 2.77. The zero-order chi connectivity index (χ0) is 14.1. The average molecular weight is 256 g/mol. The Morgan fingerprint density at radius 3 is 2.28 bits per heavy atom. The molecule has 6 heteroatoms. The molecule has 0 aliphatic rings. The SMILES string of the molecule is CC(C)(CC(=O)O)c1cc(F)c(O)c(C(=O)O)c1. The van der Waals surface area contributed by atoms with Crippen LogP contribution in [-0.4, -0.2) is 27.3 Å². The number of rotatable bonds is 4. The van der Waals surface area contributed by atoms with E-state index in [0.29, 0.717) is 0 Å². The quantitative estimate of drug-likeness (QED) is 0.765. The largest absolute Gasteiger partial charge is 0.504 e. The second kappa shape index (κ2) is 4.64. The number of aromatic hydroxyl groups is 1. The molecule has 0 amide bonds. The fourth-order valence-corrected chi connectivity index (χ4v) is 1.63. The van der Waals surface area contributed by atoms with E-state index in [0.717, 1.165) is 12.1 Å². The first-order chi connectivity index (χ1) is 8.15. The molecule has 5 nitrogen and oxygen atoms in total. The monoisotopic (exact) mass is 256 g/mol. The smallest absolute Gasteiger partial charge is 0.339 e. The molecule has 0 bridgehead atoms. The predicted molar refractivity (Wildman–Crippen MR) is 60.3 cm³/mol. The number of hydrogen-bond donors (Lipinski definition) is 3. The number of aromatic carboxylic acids is 1. The molecule has 0 fully saturated rings. The summed E-state index contributed by atoms with van der Waals surface area (Å²) in [5, 5.41) is 26.8. The zero-order valence-electron chi connectivity index (χ0n) is 9.90. The van der Waals surface area contributed by atoms with E-state index >= 15 is 0 Å². The summed E-state index contributed by atoms with van der Waals surface area (Å²) in [6.07, 6.45) is -0.281. The van der Waals surface area contributed by atoms with Crippen LogP contribution >= 0.6 is 0 Å². The van der Waals surface area contributed by atoms with E-state index in [1.807, 2.05) is 0 Å². The van der Waals surface area contributed by atoms with E-state index in [1.165, 1.54) is 0 Å². The molecular weight excluding hydrogens is 243 g/mol. The maximum Gasteiger partial charge on any atom is 0.339 e. The second-order valence-corrected chi connectivity index (χ2v) is 4.61. The Hall–Kier alpha value is -2.11. The molecule has 0 aliphatic heterocycles. The Morgan fingerprint density at radius 1 is 1.28 bits per heavy atom. The van der Waals surface area contributed by atoms with Gasteiger partial charge in [0, 0.05) is 5.41 Å². The van der Waals surface area contributed by atoms with Crippen molar-refractivity contribution < 1.29 is 29.3 Å². The van der Waals surface area contributed by atoms with Crippen LogP contribution in [0.15, 0.2) is 12.1 Å². The predicted octanol–water partition coefficient (Wildman–Crippen LogP) is 1.98. The van der Waals surface area contributed by atoms with Gasteiger partial charge in [0.2, 0.25) is 0 Å². The molecule has 0 saturated heterocycles. The number of phenols is 1. The van der Waals surface area contributed by atoms with Gasteiger partial charge in [-0.05, 0) is 17.7 Å². The van der Waals surface area contributed by atoms with Gasteiger partial charge in [0.05, 0.1) is 6.42 Å². The fraction of sp³-hybridized carbons (Fsp3) is 0.333. The molecule has 1 aromatic rings. The fourth-order valence-electron chi connectivity index (χ4n) is 1.63. The van der Waals surface area contributed by atoms with Crippen molar-refractivity contribution in [3.05, 3.63) is 29.1 Å². The van der Waals surface area contributed by atoms with Gasteiger partial charge in [-0.3, -0.25) is 4.79 Å². The summed E-state index contributed by atoms with van der Waals surface area (Å²) < 4.78 is 13.4. The van der Waals surface area contributed by atoms with Gasteiger partial charge in [-0.2, -0.15) is 0 Å². The molecular formula is C12H13FO5. The summed E-state index contributed by atoms with van der Waals surface area (Å²) in [4.78, 5) is 21.5. The Balaban J connectivity index is 3.34. The molecule has 0 atom stereocenters. The highest BCUT2D eigenvalue weighted by molar-refractivity contribution is 5.91. The van der Waals surface area contributed by atoms with Gasteiger partial charge in [-0.1, -0.05) is 13.8 Å². The van der Waals surface area contributed by atoms with Crippen molar-refractivity contribution in [3.63, 3.8) is 0 Å². The molecule has 1 aromatic carbocycles. The topological polar surface area (TPSA) is 94.8 Å². The maximum atomic E-state index is 13.4. The summed E-state index contributed by atoms with van der Waals surface area (Å²) >= 11 is 0. The lowest BCUT2D eigenvalue weighted by molar-refractivity contribution is -0.138. The van der Waals surface area contributed by atoms with Crippen LogP contribution in [-0.2, 0) is 10.2 Å². The zero-order valence-corrected chi connectivity index (χ0v) is 9.90. The maximum absolute atomic E-state index is 13.4. The van der Waals surface area contributed by atoms with E-state index < -0.39 is 34.5 Å². The van der Waals surface area contributed by atoms with Crippen molar-refractivity contribution in [2.24, 2.45) is 0 Å². The van der Waals surface area contributed by atoms with Crippen LogP contribution in [0, 0.1) is 5.82 Å². The standard InChI is InChI=1S/C12H13FO5/c1-12(2,5-9(14)15)6-3-7(11(17)18)10(16)8(13)4-6/h3-4,16H,5H2,1-2H3,(H,14,15)(H,17,18). The lowest BCUT2D eigenvalue weighted by Gasteiger charge is -2.23. The van der Waals surface area contributed by atoms with Gasteiger partial charge in [-0.15, -0.1) is 0 Å². The molecule has 0 spiro atoms. The molecule has 3 N–H and O–H groups in total. The van der Waals surface area contributed by atoms with Crippen LogP contribution in [0.25, 0.3) is 0 Å². The van der Waals surface area contributed by atoms with E-state index in [4.69, 9.17) is 10.2 Å². The molecule has 0 aliphatic carbocycles. The van der Waals surface area contributed by atoms with Crippen LogP contribution in [0.4, 0.5) is 4.39 Å². The van der Waals surface area contributed by atoms with Gasteiger partial charge in [-0.25, -0.2) is 9.18 Å². The molecule has 98 valence electrons. The van der Waals surface area contributed by atoms with Gasteiger partial charge in [0.1, 0.15) is 5.56 Å². The van der Waals surface area contributed by atoms with E-state index in [-0.39, 0.29) is 12.0 Å². The van der Waals surface area contributed by atoms with Crippen molar-refractivity contribution in [2.75, 3.05) is 0 Å². The van der Waals surface area contributed by atoms with Crippen molar-refractivity contribution in [1.82, 2.24) is 0 Å². The molecule has 0 heterocycles. The molecule has 0 radical (unpaired) electrons. The van der Waals surface area contributed by atoms with Crippen molar-refractivity contribution in [3.8, 4) is 5.75 Å². The van der Waals surface area contributed by atoms with Crippen LogP contribution in [0.5, 0.6) is 5.75 Å². The van der Waals surface area contributed by atoms with Crippen LogP contribution in [0.1, 0.15) is 36.2 Å². The summed E-state index contributed by atoms with van der Waals surface area (Å²) in [5.74, 6) is -4.58.